The molecule has 0 aromatic heterocycles. The third kappa shape index (κ3) is 3.20. The van der Waals surface area contributed by atoms with Gasteiger partial charge >= 0.3 is 0 Å². The van der Waals surface area contributed by atoms with Gasteiger partial charge in [0.25, 0.3) is 0 Å². The third-order valence-corrected chi connectivity index (χ3v) is 5.05. The number of para-hydroxylation sites is 1. The Morgan fingerprint density at radius 3 is 2.31 bits per heavy atom. The Balaban J connectivity index is 1.80. The van der Waals surface area contributed by atoms with Gasteiger partial charge in [-0.15, -0.1) is 0 Å². The van der Waals surface area contributed by atoms with Gasteiger partial charge in [0.05, 0.1) is 17.4 Å². The normalized spacial score (nSPS) is 16.7. The van der Waals surface area contributed by atoms with Crippen molar-refractivity contribution in [2.75, 3.05) is 5.01 Å². The largest absolute Gasteiger partial charge is 0.254 e. The number of hydrogen-bond donors (Lipinski definition) is 0. The van der Waals surface area contributed by atoms with Crippen molar-refractivity contribution in [3.8, 4) is 0 Å². The van der Waals surface area contributed by atoms with E-state index in [4.69, 9.17) is 28.3 Å². The zero-order chi connectivity index (χ0) is 18.1. The molecule has 1 aliphatic rings. The summed E-state index contributed by atoms with van der Waals surface area (Å²) in [5.41, 5.74) is 3.19. The van der Waals surface area contributed by atoms with Crippen LogP contribution >= 0.6 is 23.2 Å². The van der Waals surface area contributed by atoms with Crippen LogP contribution in [0.5, 0.6) is 0 Å². The van der Waals surface area contributed by atoms with Crippen LogP contribution in [0.25, 0.3) is 0 Å². The molecule has 4 rings (SSSR count). The second kappa shape index (κ2) is 7.10. The Morgan fingerprint density at radius 1 is 0.885 bits per heavy atom. The van der Waals surface area contributed by atoms with Gasteiger partial charge in [-0.3, -0.25) is 5.01 Å². The van der Waals surface area contributed by atoms with Crippen LogP contribution < -0.4 is 5.01 Å². The molecule has 1 aliphatic heterocycles. The molecular weight excluding hydrogens is 370 g/mol. The first-order chi connectivity index (χ1) is 12.6. The molecule has 3 aromatic carbocycles. The molecule has 5 heteroatoms. The molecule has 0 saturated heterocycles. The Morgan fingerprint density at radius 2 is 1.58 bits per heavy atom. The predicted molar refractivity (Wildman–Crippen MR) is 106 cm³/mol. The lowest BCUT2D eigenvalue weighted by molar-refractivity contribution is 0.606. The van der Waals surface area contributed by atoms with Gasteiger partial charge in [0, 0.05) is 16.5 Å². The minimum Gasteiger partial charge on any atom is -0.254 e. The second-order valence-electron chi connectivity index (χ2n) is 6.09. The zero-order valence-electron chi connectivity index (χ0n) is 13.7. The number of halogens is 3. The molecule has 0 N–H and O–H groups in total. The van der Waals surface area contributed by atoms with Gasteiger partial charge in [0.2, 0.25) is 0 Å². The Kier molecular flexibility index (Phi) is 4.66. The number of anilines is 1. The molecule has 0 spiro atoms. The van der Waals surface area contributed by atoms with Crippen molar-refractivity contribution in [2.24, 2.45) is 5.10 Å². The number of hydrogen-bond acceptors (Lipinski definition) is 2. The highest BCUT2D eigenvalue weighted by molar-refractivity contribution is 6.31. The zero-order valence-corrected chi connectivity index (χ0v) is 15.3. The first-order valence-corrected chi connectivity index (χ1v) is 9.00. The van der Waals surface area contributed by atoms with Gasteiger partial charge in [-0.25, -0.2) is 4.39 Å². The van der Waals surface area contributed by atoms with Gasteiger partial charge in [-0.05, 0) is 41.5 Å². The molecule has 0 saturated carbocycles. The second-order valence-corrected chi connectivity index (χ2v) is 6.93. The third-order valence-electron chi connectivity index (χ3n) is 4.45. The van der Waals surface area contributed by atoms with Crippen molar-refractivity contribution in [1.82, 2.24) is 0 Å². The highest BCUT2D eigenvalue weighted by Gasteiger charge is 2.32. The van der Waals surface area contributed by atoms with E-state index in [1.807, 2.05) is 48.5 Å². The van der Waals surface area contributed by atoms with Crippen molar-refractivity contribution >= 4 is 34.6 Å². The monoisotopic (exact) mass is 384 g/mol. The van der Waals surface area contributed by atoms with Crippen LogP contribution in [-0.4, -0.2) is 5.71 Å². The van der Waals surface area contributed by atoms with E-state index in [-0.39, 0.29) is 11.9 Å². The van der Waals surface area contributed by atoms with Crippen molar-refractivity contribution in [2.45, 2.75) is 12.5 Å². The van der Waals surface area contributed by atoms with Crippen LogP contribution in [0.4, 0.5) is 10.1 Å². The maximum absolute atomic E-state index is 14.5. The highest BCUT2D eigenvalue weighted by Crippen LogP contribution is 2.40. The SMILES string of the molecule is Fc1ccccc1N1N=C(c2ccc(Cl)cc2)C[C@@H]1c1ccccc1Cl. The maximum Gasteiger partial charge on any atom is 0.148 e. The van der Waals surface area contributed by atoms with Crippen LogP contribution in [-0.2, 0) is 0 Å². The molecule has 1 atom stereocenters. The molecule has 0 radical (unpaired) electrons. The van der Waals surface area contributed by atoms with Crippen LogP contribution in [0.15, 0.2) is 77.9 Å². The summed E-state index contributed by atoms with van der Waals surface area (Å²) >= 11 is 12.4. The molecule has 0 fully saturated rings. The average Bonchev–Trinajstić information content (AvgIpc) is 3.08. The summed E-state index contributed by atoms with van der Waals surface area (Å²) in [4.78, 5) is 0. The van der Waals surface area contributed by atoms with E-state index in [2.05, 4.69) is 0 Å². The molecule has 0 amide bonds. The summed E-state index contributed by atoms with van der Waals surface area (Å²) in [5.74, 6) is -0.314. The molecular formula is C21H15Cl2FN2. The highest BCUT2D eigenvalue weighted by atomic mass is 35.5. The summed E-state index contributed by atoms with van der Waals surface area (Å²) in [6.07, 6.45) is 0.625. The van der Waals surface area contributed by atoms with E-state index in [0.717, 1.165) is 16.8 Å². The lowest BCUT2D eigenvalue weighted by atomic mass is 9.98. The van der Waals surface area contributed by atoms with Crippen LogP contribution in [0.3, 0.4) is 0 Å². The van der Waals surface area contributed by atoms with Gasteiger partial charge in [0.15, 0.2) is 0 Å². The summed E-state index contributed by atoms with van der Waals surface area (Å²) in [7, 11) is 0. The molecule has 0 bridgehead atoms. The first-order valence-electron chi connectivity index (χ1n) is 8.25. The summed E-state index contributed by atoms with van der Waals surface area (Å²) in [6, 6.07) is 21.6. The lowest BCUT2D eigenvalue weighted by Crippen LogP contribution is -2.19. The Hall–Kier alpha value is -2.36. The quantitative estimate of drug-likeness (QED) is 0.503. The molecule has 3 aromatic rings. The first kappa shape index (κ1) is 17.1. The van der Waals surface area contributed by atoms with E-state index in [1.54, 1.807) is 23.2 Å². The molecule has 1 heterocycles. The fourth-order valence-electron chi connectivity index (χ4n) is 3.17. The van der Waals surface area contributed by atoms with Crippen LogP contribution in [0.1, 0.15) is 23.6 Å². The lowest BCUT2D eigenvalue weighted by Gasteiger charge is -2.25. The van der Waals surface area contributed by atoms with E-state index in [9.17, 15) is 4.39 Å². The Labute approximate surface area is 161 Å². The van der Waals surface area contributed by atoms with Crippen molar-refractivity contribution in [3.05, 3.63) is 99.8 Å². The minimum atomic E-state index is -0.314. The fourth-order valence-corrected chi connectivity index (χ4v) is 3.56. The fraction of sp³-hybridized carbons (Fsp3) is 0.0952. The smallest absolute Gasteiger partial charge is 0.148 e. The number of rotatable bonds is 3. The number of benzene rings is 3. The van der Waals surface area contributed by atoms with E-state index in [0.29, 0.717) is 22.2 Å². The standard InChI is InChI=1S/C21H15Cl2FN2/c22-15-11-9-14(10-12-15)19-13-21(16-5-1-2-6-17(16)23)26(25-19)20-8-4-3-7-18(20)24/h1-12,21H,13H2/t21-/m1/s1. The van der Waals surface area contributed by atoms with Gasteiger partial charge in [-0.2, -0.15) is 5.10 Å². The number of nitrogens with zero attached hydrogens (tertiary/aromatic N) is 2. The van der Waals surface area contributed by atoms with Gasteiger partial charge < -0.3 is 0 Å². The molecule has 26 heavy (non-hydrogen) atoms. The van der Waals surface area contributed by atoms with Crippen molar-refractivity contribution in [3.63, 3.8) is 0 Å². The van der Waals surface area contributed by atoms with Crippen LogP contribution in [0.2, 0.25) is 10.0 Å². The van der Waals surface area contributed by atoms with Crippen molar-refractivity contribution in [1.29, 1.82) is 0 Å². The average molecular weight is 385 g/mol. The topological polar surface area (TPSA) is 15.6 Å². The van der Waals surface area contributed by atoms with E-state index >= 15 is 0 Å². The van der Waals surface area contributed by atoms with E-state index < -0.39 is 0 Å². The summed E-state index contributed by atoms with van der Waals surface area (Å²) in [6.45, 7) is 0. The Bertz CT molecular complexity index is 970. The van der Waals surface area contributed by atoms with Crippen molar-refractivity contribution < 1.29 is 4.39 Å². The number of hydrazone groups is 1. The van der Waals surface area contributed by atoms with Gasteiger partial charge in [0.1, 0.15) is 5.82 Å². The summed E-state index contributed by atoms with van der Waals surface area (Å²) in [5, 5.41) is 7.76. The maximum atomic E-state index is 14.5. The predicted octanol–water partition coefficient (Wildman–Crippen LogP) is 6.49. The molecule has 130 valence electrons. The van der Waals surface area contributed by atoms with Crippen LogP contribution in [0, 0.1) is 5.82 Å². The molecule has 0 unspecified atom stereocenters. The molecule has 0 aliphatic carbocycles. The van der Waals surface area contributed by atoms with Gasteiger partial charge in [-0.1, -0.05) is 65.7 Å². The van der Waals surface area contributed by atoms with E-state index in [1.165, 1.54) is 6.07 Å². The molecule has 2 nitrogen and oxygen atoms in total. The summed E-state index contributed by atoms with van der Waals surface area (Å²) < 4.78 is 14.5. The minimum absolute atomic E-state index is 0.175.